The maximum absolute atomic E-state index is 13.0. The van der Waals surface area contributed by atoms with Gasteiger partial charge in [-0.2, -0.15) is 0 Å². The molecule has 7 heteroatoms. The van der Waals surface area contributed by atoms with Crippen LogP contribution in [0.4, 0.5) is 0 Å². The third-order valence-corrected chi connectivity index (χ3v) is 6.62. The number of hydrogen-bond donors (Lipinski definition) is 1. The van der Waals surface area contributed by atoms with Crippen molar-refractivity contribution in [2.24, 2.45) is 0 Å². The molecular formula is C26H25ClN3O3+. The fourth-order valence-electron chi connectivity index (χ4n) is 4.70. The number of aromatic nitrogens is 1. The van der Waals surface area contributed by atoms with Gasteiger partial charge < -0.3 is 14.2 Å². The molecule has 4 aromatic rings. The molecule has 0 aliphatic carbocycles. The van der Waals surface area contributed by atoms with E-state index < -0.39 is 5.76 Å². The van der Waals surface area contributed by atoms with Crippen LogP contribution >= 0.6 is 11.6 Å². The highest BCUT2D eigenvalue weighted by atomic mass is 35.5. The zero-order valence-electron chi connectivity index (χ0n) is 18.1. The molecule has 0 bridgehead atoms. The summed E-state index contributed by atoms with van der Waals surface area (Å²) in [6.45, 7) is 2.89. The molecule has 1 aliphatic rings. The highest BCUT2D eigenvalue weighted by Crippen LogP contribution is 2.21. The van der Waals surface area contributed by atoms with Crippen LogP contribution in [0.5, 0.6) is 0 Å². The second-order valence-electron chi connectivity index (χ2n) is 8.36. The number of amides is 1. The lowest BCUT2D eigenvalue weighted by Crippen LogP contribution is -3.15. The van der Waals surface area contributed by atoms with Crippen LogP contribution < -0.4 is 10.7 Å². The maximum Gasteiger partial charge on any atom is 0.420 e. The summed E-state index contributed by atoms with van der Waals surface area (Å²) < 4.78 is 6.68. The van der Waals surface area contributed by atoms with Crippen molar-refractivity contribution < 1.29 is 14.1 Å². The Hall–Kier alpha value is -3.35. The standard InChI is InChI=1S/C26H24ClN3O3/c27-21-12-10-20(11-13-21)25(19-6-2-1-3-7-19)29-16-14-28(15-17-29)24(31)18-30-22-8-4-5-9-23(22)33-26(30)32/h1-13,25H,14-18H2/p+1. The predicted molar refractivity (Wildman–Crippen MR) is 127 cm³/mol. The molecule has 2 heterocycles. The van der Waals surface area contributed by atoms with Crippen molar-refractivity contribution in [2.45, 2.75) is 12.6 Å². The molecule has 1 aliphatic heterocycles. The van der Waals surface area contributed by atoms with Gasteiger partial charge in [-0.15, -0.1) is 0 Å². The number of carbonyl (C=O) groups is 1. The van der Waals surface area contributed by atoms with E-state index in [0.29, 0.717) is 24.2 Å². The highest BCUT2D eigenvalue weighted by molar-refractivity contribution is 6.30. The van der Waals surface area contributed by atoms with Crippen LogP contribution in [0.15, 0.2) is 88.1 Å². The Kier molecular flexibility index (Phi) is 6.03. The molecule has 168 valence electrons. The highest BCUT2D eigenvalue weighted by Gasteiger charge is 2.31. The Morgan fingerprint density at radius 3 is 2.27 bits per heavy atom. The number of hydrogen-bond acceptors (Lipinski definition) is 3. The van der Waals surface area contributed by atoms with Gasteiger partial charge in [0.15, 0.2) is 5.58 Å². The number of fused-ring (bicyclic) bond motifs is 1. The summed E-state index contributed by atoms with van der Waals surface area (Å²) in [5.41, 5.74) is 3.59. The van der Waals surface area contributed by atoms with Gasteiger partial charge in [0.1, 0.15) is 12.6 Å². The number of benzene rings is 3. The lowest BCUT2D eigenvalue weighted by Gasteiger charge is -2.37. The summed E-state index contributed by atoms with van der Waals surface area (Å²) in [4.78, 5) is 28.5. The molecule has 0 spiro atoms. The van der Waals surface area contributed by atoms with E-state index in [0.717, 1.165) is 18.1 Å². The first-order chi connectivity index (χ1) is 16.1. The SMILES string of the molecule is O=C(Cn1c(=O)oc2ccccc21)N1CC[NH+](C(c2ccccc2)c2ccc(Cl)cc2)CC1. The summed E-state index contributed by atoms with van der Waals surface area (Å²) >= 11 is 6.13. The molecule has 1 amide bonds. The van der Waals surface area contributed by atoms with Crippen LogP contribution in [0.25, 0.3) is 11.1 Å². The van der Waals surface area contributed by atoms with E-state index in [1.165, 1.54) is 20.6 Å². The molecule has 5 rings (SSSR count). The lowest BCUT2D eigenvalue weighted by molar-refractivity contribution is -0.929. The fourth-order valence-corrected chi connectivity index (χ4v) is 4.82. The summed E-state index contributed by atoms with van der Waals surface area (Å²) in [6.07, 6.45) is 0. The van der Waals surface area contributed by atoms with Gasteiger partial charge in [0.05, 0.1) is 31.7 Å². The summed E-state index contributed by atoms with van der Waals surface area (Å²) in [6, 6.07) is 25.8. The summed E-state index contributed by atoms with van der Waals surface area (Å²) in [5.74, 6) is -0.564. The van der Waals surface area contributed by atoms with E-state index in [9.17, 15) is 9.59 Å². The van der Waals surface area contributed by atoms with Crippen molar-refractivity contribution in [3.63, 3.8) is 0 Å². The average molecular weight is 463 g/mol. The molecule has 1 unspecified atom stereocenters. The number of rotatable bonds is 5. The van der Waals surface area contributed by atoms with Crippen LogP contribution in [0, 0.1) is 0 Å². The van der Waals surface area contributed by atoms with E-state index in [-0.39, 0.29) is 18.5 Å². The Labute approximate surface area is 196 Å². The van der Waals surface area contributed by atoms with E-state index in [1.54, 1.807) is 12.1 Å². The van der Waals surface area contributed by atoms with Crippen molar-refractivity contribution in [2.75, 3.05) is 26.2 Å². The quantitative estimate of drug-likeness (QED) is 0.496. The fraction of sp³-hybridized carbons (Fsp3) is 0.231. The summed E-state index contributed by atoms with van der Waals surface area (Å²) in [7, 11) is 0. The van der Waals surface area contributed by atoms with Gasteiger partial charge in [-0.25, -0.2) is 4.79 Å². The zero-order valence-corrected chi connectivity index (χ0v) is 18.9. The molecule has 0 saturated carbocycles. The number of nitrogens with one attached hydrogen (secondary N) is 1. The van der Waals surface area contributed by atoms with Gasteiger partial charge in [-0.1, -0.05) is 66.2 Å². The zero-order chi connectivity index (χ0) is 22.8. The van der Waals surface area contributed by atoms with Crippen LogP contribution in [0.3, 0.4) is 0 Å². The Balaban J connectivity index is 1.31. The molecule has 1 atom stereocenters. The number of quaternary nitrogens is 1. The van der Waals surface area contributed by atoms with E-state index in [4.69, 9.17) is 16.0 Å². The second-order valence-corrected chi connectivity index (χ2v) is 8.79. The van der Waals surface area contributed by atoms with Gasteiger partial charge in [-0.3, -0.25) is 9.36 Å². The van der Waals surface area contributed by atoms with Crippen molar-refractivity contribution in [3.8, 4) is 0 Å². The molecule has 1 fully saturated rings. The minimum Gasteiger partial charge on any atom is -0.408 e. The second kappa shape index (κ2) is 9.25. The Bertz CT molecular complexity index is 1310. The monoisotopic (exact) mass is 462 g/mol. The smallest absolute Gasteiger partial charge is 0.408 e. The molecular weight excluding hydrogens is 438 g/mol. The molecule has 33 heavy (non-hydrogen) atoms. The molecule has 1 saturated heterocycles. The number of carbonyl (C=O) groups excluding carboxylic acids is 1. The predicted octanol–water partition coefficient (Wildman–Crippen LogP) is 2.76. The third kappa shape index (κ3) is 4.45. The van der Waals surface area contributed by atoms with E-state index in [2.05, 4.69) is 36.4 Å². The van der Waals surface area contributed by atoms with Gasteiger partial charge in [0.25, 0.3) is 0 Å². The topological polar surface area (TPSA) is 59.9 Å². The third-order valence-electron chi connectivity index (χ3n) is 6.37. The van der Waals surface area contributed by atoms with Crippen molar-refractivity contribution in [1.29, 1.82) is 0 Å². The Morgan fingerprint density at radius 2 is 1.55 bits per heavy atom. The van der Waals surface area contributed by atoms with Crippen LogP contribution in [0.1, 0.15) is 17.2 Å². The molecule has 3 aromatic carbocycles. The molecule has 1 aromatic heterocycles. The maximum atomic E-state index is 13.0. The molecule has 0 radical (unpaired) electrons. The van der Waals surface area contributed by atoms with Gasteiger partial charge in [0, 0.05) is 16.1 Å². The normalized spacial score (nSPS) is 15.6. The van der Waals surface area contributed by atoms with Crippen LogP contribution in [-0.4, -0.2) is 41.6 Å². The average Bonchev–Trinajstić information content (AvgIpc) is 3.16. The lowest BCUT2D eigenvalue weighted by atomic mass is 9.96. The largest absolute Gasteiger partial charge is 0.420 e. The number of halogens is 1. The Morgan fingerprint density at radius 1 is 0.909 bits per heavy atom. The van der Waals surface area contributed by atoms with E-state index >= 15 is 0 Å². The van der Waals surface area contributed by atoms with E-state index in [1.807, 2.05) is 35.2 Å². The first-order valence-electron chi connectivity index (χ1n) is 11.1. The van der Waals surface area contributed by atoms with Crippen molar-refractivity contribution in [1.82, 2.24) is 9.47 Å². The van der Waals surface area contributed by atoms with Crippen LogP contribution in [-0.2, 0) is 11.3 Å². The minimum absolute atomic E-state index is 0.00945. The number of oxazole rings is 1. The van der Waals surface area contributed by atoms with Crippen LogP contribution in [0.2, 0.25) is 5.02 Å². The number of nitrogens with zero attached hydrogens (tertiary/aromatic N) is 2. The van der Waals surface area contributed by atoms with Gasteiger partial charge in [-0.05, 0) is 24.3 Å². The van der Waals surface area contributed by atoms with Crippen molar-refractivity contribution >= 4 is 28.6 Å². The molecule has 6 nitrogen and oxygen atoms in total. The first-order valence-corrected chi connectivity index (χ1v) is 11.5. The van der Waals surface area contributed by atoms with Gasteiger partial charge >= 0.3 is 5.76 Å². The minimum atomic E-state index is -0.499. The molecule has 1 N–H and O–H groups in total. The summed E-state index contributed by atoms with van der Waals surface area (Å²) in [5, 5.41) is 0.720. The van der Waals surface area contributed by atoms with Gasteiger partial charge in [0.2, 0.25) is 5.91 Å². The first kappa shape index (κ1) is 21.5. The number of para-hydroxylation sites is 2. The number of piperazine rings is 1. The van der Waals surface area contributed by atoms with Crippen molar-refractivity contribution in [3.05, 3.63) is 106 Å².